The molecule has 0 N–H and O–H groups in total. The molecule has 1 aliphatic rings. The lowest BCUT2D eigenvalue weighted by Gasteiger charge is -2.05. The molecule has 2 rings (SSSR count). The lowest BCUT2D eigenvalue weighted by Crippen LogP contribution is -1.98. The largest absolute Gasteiger partial charge is 0.495 e. The Labute approximate surface area is 80.2 Å². The fourth-order valence-corrected chi connectivity index (χ4v) is 1.57. The summed E-state index contributed by atoms with van der Waals surface area (Å²) in [6.07, 6.45) is 0. The highest BCUT2D eigenvalue weighted by Crippen LogP contribution is 2.39. The Kier molecular flexibility index (Phi) is 1.88. The van der Waals surface area contributed by atoms with Crippen molar-refractivity contribution < 1.29 is 14.3 Å². The Bertz CT molecular complexity index is 373. The molecule has 0 saturated carbocycles. The first-order valence-electron chi connectivity index (χ1n) is 3.76. The van der Waals surface area contributed by atoms with Gasteiger partial charge in [-0.1, -0.05) is 11.6 Å². The van der Waals surface area contributed by atoms with Crippen molar-refractivity contribution in [2.45, 2.75) is 0 Å². The maximum atomic E-state index is 11.2. The van der Waals surface area contributed by atoms with Gasteiger partial charge < -0.3 is 9.47 Å². The van der Waals surface area contributed by atoms with Crippen LogP contribution in [0.15, 0.2) is 12.1 Å². The minimum atomic E-state index is -0.0421. The number of hydrogen-bond donors (Lipinski definition) is 0. The Morgan fingerprint density at radius 1 is 1.54 bits per heavy atom. The van der Waals surface area contributed by atoms with Crippen LogP contribution in [0.5, 0.6) is 11.5 Å². The molecule has 0 unspecified atom stereocenters. The summed E-state index contributed by atoms with van der Waals surface area (Å²) < 4.78 is 10.1. The Balaban J connectivity index is 2.60. The third-order valence-corrected chi connectivity index (χ3v) is 2.29. The predicted molar refractivity (Wildman–Crippen MR) is 47.8 cm³/mol. The van der Waals surface area contributed by atoms with Gasteiger partial charge in [0.25, 0.3) is 0 Å². The van der Waals surface area contributed by atoms with Gasteiger partial charge in [0.15, 0.2) is 12.4 Å². The molecule has 68 valence electrons. The molecule has 1 heterocycles. The van der Waals surface area contributed by atoms with E-state index in [1.807, 2.05) is 0 Å². The van der Waals surface area contributed by atoms with Gasteiger partial charge in [0.05, 0.1) is 12.7 Å². The van der Waals surface area contributed by atoms with E-state index in [1.165, 1.54) is 7.11 Å². The smallest absolute Gasteiger partial charge is 0.203 e. The number of fused-ring (bicyclic) bond motifs is 1. The number of ether oxygens (including phenoxy) is 2. The zero-order chi connectivity index (χ0) is 9.42. The van der Waals surface area contributed by atoms with Crippen LogP contribution in [0.3, 0.4) is 0 Å². The number of carbonyl (C=O) groups is 1. The van der Waals surface area contributed by atoms with E-state index in [1.54, 1.807) is 12.1 Å². The number of benzene rings is 1. The van der Waals surface area contributed by atoms with Gasteiger partial charge in [-0.15, -0.1) is 0 Å². The summed E-state index contributed by atoms with van der Waals surface area (Å²) in [5.41, 5.74) is 0.533. The average molecular weight is 199 g/mol. The minimum absolute atomic E-state index is 0.0421. The van der Waals surface area contributed by atoms with Crippen molar-refractivity contribution in [3.63, 3.8) is 0 Å². The van der Waals surface area contributed by atoms with Crippen molar-refractivity contribution in [1.82, 2.24) is 0 Å². The van der Waals surface area contributed by atoms with Crippen LogP contribution in [-0.4, -0.2) is 19.5 Å². The van der Waals surface area contributed by atoms with Crippen LogP contribution in [0, 0.1) is 0 Å². The second-order valence-corrected chi connectivity index (χ2v) is 3.05. The van der Waals surface area contributed by atoms with Crippen LogP contribution in [0.4, 0.5) is 0 Å². The van der Waals surface area contributed by atoms with Gasteiger partial charge in [-0.25, -0.2) is 0 Å². The molecule has 0 aliphatic carbocycles. The normalized spacial score (nSPS) is 13.8. The summed E-state index contributed by atoms with van der Waals surface area (Å²) in [5.74, 6) is 0.917. The van der Waals surface area contributed by atoms with Gasteiger partial charge >= 0.3 is 0 Å². The van der Waals surface area contributed by atoms with Gasteiger partial charge in [0, 0.05) is 0 Å². The SMILES string of the molecule is COc1ccc2c(c1Cl)OCC2=O. The van der Waals surface area contributed by atoms with Crippen LogP contribution in [-0.2, 0) is 0 Å². The van der Waals surface area contributed by atoms with Crippen molar-refractivity contribution in [3.8, 4) is 11.5 Å². The van der Waals surface area contributed by atoms with E-state index in [0.29, 0.717) is 22.1 Å². The number of Topliss-reactive ketones (excluding diaryl/α,β-unsaturated/α-hetero) is 1. The van der Waals surface area contributed by atoms with Crippen molar-refractivity contribution in [2.75, 3.05) is 13.7 Å². The molecule has 0 saturated heterocycles. The monoisotopic (exact) mass is 198 g/mol. The van der Waals surface area contributed by atoms with Crippen molar-refractivity contribution >= 4 is 17.4 Å². The zero-order valence-corrected chi connectivity index (χ0v) is 7.72. The highest BCUT2D eigenvalue weighted by molar-refractivity contribution is 6.34. The van der Waals surface area contributed by atoms with E-state index >= 15 is 0 Å². The lowest BCUT2D eigenvalue weighted by atomic mass is 10.1. The molecule has 0 aromatic heterocycles. The molecule has 0 fully saturated rings. The van der Waals surface area contributed by atoms with E-state index in [-0.39, 0.29) is 12.4 Å². The quantitative estimate of drug-likeness (QED) is 0.692. The first-order chi connectivity index (χ1) is 6.24. The van der Waals surface area contributed by atoms with E-state index in [2.05, 4.69) is 0 Å². The Morgan fingerprint density at radius 3 is 3.00 bits per heavy atom. The molecule has 3 nitrogen and oxygen atoms in total. The molecular weight excluding hydrogens is 192 g/mol. The van der Waals surface area contributed by atoms with Gasteiger partial charge in [0.1, 0.15) is 10.8 Å². The summed E-state index contributed by atoms with van der Waals surface area (Å²) in [7, 11) is 1.52. The topological polar surface area (TPSA) is 35.5 Å². The molecule has 1 aromatic carbocycles. The van der Waals surface area contributed by atoms with Gasteiger partial charge in [-0.05, 0) is 12.1 Å². The van der Waals surface area contributed by atoms with E-state index in [9.17, 15) is 4.79 Å². The molecular formula is C9H7ClO3. The molecule has 13 heavy (non-hydrogen) atoms. The highest BCUT2D eigenvalue weighted by atomic mass is 35.5. The lowest BCUT2D eigenvalue weighted by molar-refractivity contribution is 0.0961. The molecule has 0 atom stereocenters. The first kappa shape index (κ1) is 8.38. The van der Waals surface area contributed by atoms with Gasteiger partial charge in [0.2, 0.25) is 5.78 Å². The van der Waals surface area contributed by atoms with Crippen molar-refractivity contribution in [3.05, 3.63) is 22.7 Å². The number of methoxy groups -OCH3 is 1. The minimum Gasteiger partial charge on any atom is -0.495 e. The predicted octanol–water partition coefficient (Wildman–Crippen LogP) is 1.92. The van der Waals surface area contributed by atoms with Crippen LogP contribution >= 0.6 is 11.6 Å². The first-order valence-corrected chi connectivity index (χ1v) is 4.14. The van der Waals surface area contributed by atoms with Gasteiger partial charge in [-0.2, -0.15) is 0 Å². The number of carbonyl (C=O) groups excluding carboxylic acids is 1. The van der Waals surface area contributed by atoms with Crippen molar-refractivity contribution in [2.24, 2.45) is 0 Å². The number of rotatable bonds is 1. The highest BCUT2D eigenvalue weighted by Gasteiger charge is 2.25. The third kappa shape index (κ3) is 1.16. The van der Waals surface area contributed by atoms with Crippen LogP contribution in [0.1, 0.15) is 10.4 Å². The van der Waals surface area contributed by atoms with Crippen molar-refractivity contribution in [1.29, 1.82) is 0 Å². The maximum absolute atomic E-state index is 11.2. The van der Waals surface area contributed by atoms with E-state index in [4.69, 9.17) is 21.1 Å². The second kappa shape index (κ2) is 2.92. The fourth-order valence-electron chi connectivity index (χ4n) is 1.27. The molecule has 4 heteroatoms. The molecule has 0 radical (unpaired) electrons. The summed E-state index contributed by atoms with van der Waals surface area (Å²) in [4.78, 5) is 11.2. The Hall–Kier alpha value is -1.22. The molecule has 0 bridgehead atoms. The summed E-state index contributed by atoms with van der Waals surface area (Å²) >= 11 is 5.92. The molecule has 1 aromatic rings. The fraction of sp³-hybridized carbons (Fsp3) is 0.222. The second-order valence-electron chi connectivity index (χ2n) is 2.67. The van der Waals surface area contributed by atoms with Crippen LogP contribution < -0.4 is 9.47 Å². The summed E-state index contributed by atoms with van der Waals surface area (Å²) in [6, 6.07) is 3.32. The number of hydrogen-bond acceptors (Lipinski definition) is 3. The molecule has 0 spiro atoms. The zero-order valence-electron chi connectivity index (χ0n) is 6.96. The maximum Gasteiger partial charge on any atom is 0.203 e. The Morgan fingerprint density at radius 2 is 2.31 bits per heavy atom. The van der Waals surface area contributed by atoms with E-state index < -0.39 is 0 Å². The number of ketones is 1. The summed E-state index contributed by atoms with van der Waals surface area (Å²) in [6.45, 7) is 0.0716. The van der Waals surface area contributed by atoms with E-state index in [0.717, 1.165) is 0 Å². The third-order valence-electron chi connectivity index (χ3n) is 1.93. The summed E-state index contributed by atoms with van der Waals surface area (Å²) in [5, 5.41) is 0.367. The van der Waals surface area contributed by atoms with Crippen LogP contribution in [0.25, 0.3) is 0 Å². The number of halogens is 1. The average Bonchev–Trinajstić information content (AvgIpc) is 2.50. The van der Waals surface area contributed by atoms with Crippen LogP contribution in [0.2, 0.25) is 5.02 Å². The standard InChI is InChI=1S/C9H7ClO3/c1-12-7-3-2-5-6(11)4-13-9(5)8(7)10/h2-3H,4H2,1H3. The van der Waals surface area contributed by atoms with Gasteiger partial charge in [-0.3, -0.25) is 4.79 Å². The molecule has 1 aliphatic heterocycles. The molecule has 0 amide bonds.